The molecule has 0 bridgehead atoms. The van der Waals surface area contributed by atoms with Crippen molar-refractivity contribution in [3.05, 3.63) is 71.7 Å². The Morgan fingerprint density at radius 1 is 1.16 bits per heavy atom. The first-order valence-electron chi connectivity index (χ1n) is 8.42. The Morgan fingerprint density at radius 3 is 2.68 bits per heavy atom. The van der Waals surface area contributed by atoms with Crippen molar-refractivity contribution >= 4 is 27.7 Å². The molecule has 0 radical (unpaired) electrons. The van der Waals surface area contributed by atoms with Crippen molar-refractivity contribution in [1.82, 2.24) is 4.57 Å². The molecule has 2 heterocycles. The van der Waals surface area contributed by atoms with E-state index in [-0.39, 0.29) is 0 Å². The largest absolute Gasteiger partial charge is 0.472 e. The monoisotopic (exact) mass is 332 g/mol. The number of aromatic nitrogens is 1. The summed E-state index contributed by atoms with van der Waals surface area (Å²) in [5.74, 6) is 0.0290. The minimum atomic E-state index is -0.402. The first kappa shape index (κ1) is 15.5. The molecule has 0 aliphatic carbocycles. The number of furan rings is 1. The highest BCUT2D eigenvalue weighted by Gasteiger charge is 2.17. The topological polar surface area (TPSA) is 61.2 Å². The lowest BCUT2D eigenvalue weighted by Crippen LogP contribution is -2.11. The Bertz CT molecular complexity index is 1070. The second kappa shape index (κ2) is 5.81. The predicted octanol–water partition coefficient (Wildman–Crippen LogP) is 4.66. The lowest BCUT2D eigenvalue weighted by Gasteiger charge is -2.09. The van der Waals surface area contributed by atoms with Gasteiger partial charge in [-0.3, -0.25) is 4.79 Å². The molecule has 0 atom stereocenters. The van der Waals surface area contributed by atoms with E-state index in [1.165, 1.54) is 5.56 Å². The third kappa shape index (κ3) is 2.50. The fourth-order valence-corrected chi connectivity index (χ4v) is 3.46. The van der Waals surface area contributed by atoms with E-state index in [0.717, 1.165) is 27.4 Å². The van der Waals surface area contributed by atoms with Gasteiger partial charge in [0.15, 0.2) is 0 Å². The number of carbonyl (C=O) groups excluding carboxylic acids is 1. The molecule has 2 aromatic carbocycles. The quantitative estimate of drug-likeness (QED) is 0.591. The molecule has 0 saturated heterocycles. The third-order valence-corrected chi connectivity index (χ3v) is 4.77. The molecule has 0 unspecified atom stereocenters. The number of amides is 1. The second-order valence-electron chi connectivity index (χ2n) is 6.71. The average molecular weight is 332 g/mol. The summed E-state index contributed by atoms with van der Waals surface area (Å²) in [5.41, 5.74) is 10.7. The van der Waals surface area contributed by atoms with Crippen LogP contribution in [0.5, 0.6) is 0 Å². The molecule has 0 aliphatic heterocycles. The van der Waals surface area contributed by atoms with Crippen LogP contribution < -0.4 is 5.73 Å². The van der Waals surface area contributed by atoms with Gasteiger partial charge in [-0.15, -0.1) is 0 Å². The van der Waals surface area contributed by atoms with E-state index in [1.54, 1.807) is 18.6 Å². The van der Waals surface area contributed by atoms with Crippen LogP contribution in [0.3, 0.4) is 0 Å². The SMILES string of the molecule is CC(C)c1ccc2c3c(C(N)=O)cccc3n(Cc3ccoc3)c2c1. The lowest BCUT2D eigenvalue weighted by atomic mass is 10.00. The Kier molecular flexibility index (Phi) is 3.61. The molecule has 1 amide bonds. The molecule has 0 aliphatic rings. The third-order valence-electron chi connectivity index (χ3n) is 4.77. The first-order valence-corrected chi connectivity index (χ1v) is 8.42. The number of hydrogen-bond acceptors (Lipinski definition) is 2. The van der Waals surface area contributed by atoms with Gasteiger partial charge in [0.25, 0.3) is 0 Å². The fourth-order valence-electron chi connectivity index (χ4n) is 3.46. The summed E-state index contributed by atoms with van der Waals surface area (Å²) >= 11 is 0. The van der Waals surface area contributed by atoms with E-state index in [1.807, 2.05) is 18.2 Å². The van der Waals surface area contributed by atoms with Crippen LogP contribution in [-0.4, -0.2) is 10.5 Å². The van der Waals surface area contributed by atoms with Gasteiger partial charge in [-0.2, -0.15) is 0 Å². The molecule has 4 heteroatoms. The van der Waals surface area contributed by atoms with Crippen molar-refractivity contribution in [2.75, 3.05) is 0 Å². The van der Waals surface area contributed by atoms with E-state index in [0.29, 0.717) is 18.0 Å². The number of fused-ring (bicyclic) bond motifs is 3. The van der Waals surface area contributed by atoms with Crippen molar-refractivity contribution in [1.29, 1.82) is 0 Å². The summed E-state index contributed by atoms with van der Waals surface area (Å²) in [4.78, 5) is 12.0. The Hall–Kier alpha value is -3.01. The summed E-state index contributed by atoms with van der Waals surface area (Å²) < 4.78 is 7.45. The number of benzene rings is 2. The van der Waals surface area contributed by atoms with Gasteiger partial charge in [0.1, 0.15) is 0 Å². The molecule has 2 aromatic heterocycles. The maximum atomic E-state index is 12.0. The summed E-state index contributed by atoms with van der Waals surface area (Å²) in [5, 5.41) is 1.97. The number of hydrogen-bond donors (Lipinski definition) is 1. The zero-order valence-electron chi connectivity index (χ0n) is 14.3. The van der Waals surface area contributed by atoms with Crippen molar-refractivity contribution in [2.45, 2.75) is 26.3 Å². The first-order chi connectivity index (χ1) is 12.1. The highest BCUT2D eigenvalue weighted by Crippen LogP contribution is 2.34. The van der Waals surface area contributed by atoms with E-state index in [2.05, 4.69) is 36.6 Å². The average Bonchev–Trinajstić information content (AvgIpc) is 3.21. The molecule has 126 valence electrons. The van der Waals surface area contributed by atoms with Crippen molar-refractivity contribution < 1.29 is 9.21 Å². The van der Waals surface area contributed by atoms with Crippen LogP contribution in [0, 0.1) is 0 Å². The van der Waals surface area contributed by atoms with E-state index in [4.69, 9.17) is 10.2 Å². The van der Waals surface area contributed by atoms with Crippen LogP contribution in [0.15, 0.2) is 59.4 Å². The van der Waals surface area contributed by atoms with Gasteiger partial charge in [0.2, 0.25) is 5.91 Å². The Labute approximate surface area is 145 Å². The molecule has 4 rings (SSSR count). The zero-order valence-corrected chi connectivity index (χ0v) is 14.3. The maximum absolute atomic E-state index is 12.0. The minimum absolute atomic E-state index is 0.402. The predicted molar refractivity (Wildman–Crippen MR) is 99.9 cm³/mol. The van der Waals surface area contributed by atoms with E-state index >= 15 is 0 Å². The van der Waals surface area contributed by atoms with Gasteiger partial charge >= 0.3 is 0 Å². The Balaban J connectivity index is 2.09. The fraction of sp³-hybridized carbons (Fsp3) is 0.190. The lowest BCUT2D eigenvalue weighted by molar-refractivity contribution is 0.100. The molecular formula is C21H20N2O2. The van der Waals surface area contributed by atoms with Crippen LogP contribution in [0.1, 0.15) is 41.3 Å². The number of carbonyl (C=O) groups is 1. The Morgan fingerprint density at radius 2 is 2.00 bits per heavy atom. The smallest absolute Gasteiger partial charge is 0.249 e. The standard InChI is InChI=1S/C21H20N2O2/c1-13(2)15-6-7-16-19(10-15)23(11-14-8-9-25-12-14)18-5-3-4-17(20(16)18)21(22)24/h3-10,12-13H,11H2,1-2H3,(H2,22,24). The molecule has 4 nitrogen and oxygen atoms in total. The molecule has 4 aromatic rings. The van der Waals surface area contributed by atoms with Gasteiger partial charge < -0.3 is 14.7 Å². The van der Waals surface area contributed by atoms with E-state index in [9.17, 15) is 4.79 Å². The van der Waals surface area contributed by atoms with Crippen LogP contribution in [0.4, 0.5) is 0 Å². The van der Waals surface area contributed by atoms with Gasteiger partial charge in [-0.25, -0.2) is 0 Å². The van der Waals surface area contributed by atoms with Crippen molar-refractivity contribution in [3.63, 3.8) is 0 Å². The van der Waals surface area contributed by atoms with Crippen molar-refractivity contribution in [3.8, 4) is 0 Å². The second-order valence-corrected chi connectivity index (χ2v) is 6.71. The van der Waals surface area contributed by atoms with E-state index < -0.39 is 5.91 Å². The van der Waals surface area contributed by atoms with Crippen LogP contribution >= 0.6 is 0 Å². The number of primary amides is 1. The maximum Gasteiger partial charge on any atom is 0.249 e. The number of nitrogens with two attached hydrogens (primary N) is 1. The molecule has 0 spiro atoms. The molecule has 0 saturated carbocycles. The van der Waals surface area contributed by atoms with Gasteiger partial charge in [-0.05, 0) is 35.7 Å². The zero-order chi connectivity index (χ0) is 17.6. The van der Waals surface area contributed by atoms with Crippen molar-refractivity contribution in [2.24, 2.45) is 5.73 Å². The summed E-state index contributed by atoms with van der Waals surface area (Å²) in [6, 6.07) is 14.1. The number of nitrogens with zero attached hydrogens (tertiary/aromatic N) is 1. The van der Waals surface area contributed by atoms with Gasteiger partial charge in [0.05, 0.1) is 24.6 Å². The number of rotatable bonds is 4. The molecule has 0 fully saturated rings. The summed E-state index contributed by atoms with van der Waals surface area (Å²) in [6.07, 6.45) is 3.43. The molecular weight excluding hydrogens is 312 g/mol. The van der Waals surface area contributed by atoms with Gasteiger partial charge in [-0.1, -0.05) is 32.0 Å². The summed E-state index contributed by atoms with van der Waals surface area (Å²) in [7, 11) is 0. The highest BCUT2D eigenvalue weighted by molar-refractivity contribution is 6.18. The summed E-state index contributed by atoms with van der Waals surface area (Å²) in [6.45, 7) is 5.04. The van der Waals surface area contributed by atoms with Gasteiger partial charge in [0, 0.05) is 27.4 Å². The van der Waals surface area contributed by atoms with Crippen LogP contribution in [0.25, 0.3) is 21.8 Å². The van der Waals surface area contributed by atoms with Crippen LogP contribution in [0.2, 0.25) is 0 Å². The molecule has 25 heavy (non-hydrogen) atoms. The highest BCUT2D eigenvalue weighted by atomic mass is 16.3. The van der Waals surface area contributed by atoms with Crippen LogP contribution in [-0.2, 0) is 6.54 Å². The minimum Gasteiger partial charge on any atom is -0.472 e. The normalized spacial score (nSPS) is 11.6. The molecule has 2 N–H and O–H groups in total.